The molecule has 1 unspecified atom stereocenters. The number of nitrogens with one attached hydrogen (secondary N) is 1. The van der Waals surface area contributed by atoms with E-state index in [1.165, 1.54) is 12.0 Å². The first-order chi connectivity index (χ1) is 6.99. The topological polar surface area (TPSA) is 78.9 Å². The van der Waals surface area contributed by atoms with Crippen LogP contribution in [0.2, 0.25) is 0 Å². The Morgan fingerprint density at radius 2 is 2.07 bits per heavy atom. The molecule has 0 aliphatic heterocycles. The second kappa shape index (κ2) is 7.19. The van der Waals surface area contributed by atoms with Crippen molar-refractivity contribution >= 4 is 11.9 Å². The molecular formula is C9H18N2O4. The normalized spacial score (nSPS) is 12.2. The molecule has 6 heteroatoms. The highest BCUT2D eigenvalue weighted by molar-refractivity contribution is 5.76. The van der Waals surface area contributed by atoms with E-state index < -0.39 is 12.0 Å². The van der Waals surface area contributed by atoms with Crippen molar-refractivity contribution in [2.24, 2.45) is 0 Å². The molecule has 0 aromatic carbocycles. The lowest BCUT2D eigenvalue weighted by Crippen LogP contribution is -2.41. The number of aliphatic carboxylic acids is 1. The number of hydrogen-bond donors (Lipinski definition) is 2. The molecule has 0 aromatic rings. The Kier molecular flexibility index (Phi) is 6.64. The summed E-state index contributed by atoms with van der Waals surface area (Å²) in [5.41, 5.74) is 0. The van der Waals surface area contributed by atoms with E-state index in [9.17, 15) is 9.59 Å². The van der Waals surface area contributed by atoms with Crippen LogP contribution < -0.4 is 5.32 Å². The Morgan fingerprint density at radius 1 is 1.47 bits per heavy atom. The van der Waals surface area contributed by atoms with Crippen molar-refractivity contribution in [1.29, 1.82) is 0 Å². The summed E-state index contributed by atoms with van der Waals surface area (Å²) in [6.45, 7) is 0.419. The highest BCUT2D eigenvalue weighted by Gasteiger charge is 2.16. The minimum Gasteiger partial charge on any atom is -0.480 e. The molecule has 0 radical (unpaired) electrons. The lowest BCUT2D eigenvalue weighted by atomic mass is 10.3. The zero-order valence-corrected chi connectivity index (χ0v) is 9.32. The van der Waals surface area contributed by atoms with Crippen LogP contribution in [0.5, 0.6) is 0 Å². The van der Waals surface area contributed by atoms with Crippen molar-refractivity contribution in [3.63, 3.8) is 0 Å². The lowest BCUT2D eigenvalue weighted by Gasteiger charge is -2.14. The maximum Gasteiger partial charge on any atom is 0.323 e. The van der Waals surface area contributed by atoms with E-state index in [-0.39, 0.29) is 18.9 Å². The average molecular weight is 218 g/mol. The molecule has 0 rings (SSSR count). The monoisotopic (exact) mass is 218 g/mol. The molecule has 1 atom stereocenters. The quantitative estimate of drug-likeness (QED) is 0.582. The first-order valence-corrected chi connectivity index (χ1v) is 4.64. The van der Waals surface area contributed by atoms with E-state index in [4.69, 9.17) is 9.84 Å². The summed E-state index contributed by atoms with van der Waals surface area (Å²) >= 11 is 0. The summed E-state index contributed by atoms with van der Waals surface area (Å²) in [5.74, 6) is -1.02. The first-order valence-electron chi connectivity index (χ1n) is 4.64. The molecule has 2 N–H and O–H groups in total. The van der Waals surface area contributed by atoms with Gasteiger partial charge in [-0.2, -0.15) is 0 Å². The zero-order valence-electron chi connectivity index (χ0n) is 9.32. The van der Waals surface area contributed by atoms with Gasteiger partial charge in [-0.1, -0.05) is 0 Å². The van der Waals surface area contributed by atoms with Crippen LogP contribution in [0.4, 0.5) is 0 Å². The Bertz CT molecular complexity index is 218. The number of carboxylic acids is 1. The average Bonchev–Trinajstić information content (AvgIpc) is 2.15. The van der Waals surface area contributed by atoms with Crippen molar-refractivity contribution in [3.8, 4) is 0 Å². The fourth-order valence-corrected chi connectivity index (χ4v) is 0.961. The summed E-state index contributed by atoms with van der Waals surface area (Å²) in [4.78, 5) is 23.3. The number of carbonyl (C=O) groups is 2. The van der Waals surface area contributed by atoms with Crippen molar-refractivity contribution in [3.05, 3.63) is 0 Å². The Hall–Kier alpha value is -1.14. The van der Waals surface area contributed by atoms with E-state index in [2.05, 4.69) is 5.32 Å². The molecule has 0 fully saturated rings. The van der Waals surface area contributed by atoms with Gasteiger partial charge in [0, 0.05) is 34.2 Å². The highest BCUT2D eigenvalue weighted by Crippen LogP contribution is 1.89. The fraction of sp³-hybridized carbons (Fsp3) is 0.778. The Balaban J connectivity index is 3.81. The van der Waals surface area contributed by atoms with Gasteiger partial charge in [0.15, 0.2) is 0 Å². The first kappa shape index (κ1) is 13.9. The molecule has 0 saturated heterocycles. The fourth-order valence-electron chi connectivity index (χ4n) is 0.961. The van der Waals surface area contributed by atoms with Crippen molar-refractivity contribution in [1.82, 2.24) is 10.2 Å². The molecule has 0 aromatic heterocycles. The Morgan fingerprint density at radius 3 is 2.47 bits per heavy atom. The molecule has 0 heterocycles. The number of hydrogen-bond acceptors (Lipinski definition) is 4. The number of carboxylic acid groups (broad SMARTS) is 1. The third-order valence-corrected chi connectivity index (χ3v) is 1.86. The molecule has 0 aliphatic rings. The van der Waals surface area contributed by atoms with Crippen LogP contribution in [0, 0.1) is 0 Å². The second-order valence-corrected chi connectivity index (χ2v) is 3.34. The number of amides is 1. The van der Waals surface area contributed by atoms with Gasteiger partial charge in [-0.05, 0) is 0 Å². The number of ether oxygens (including phenoxy) is 1. The van der Waals surface area contributed by atoms with Gasteiger partial charge in [0.05, 0.1) is 6.61 Å². The van der Waals surface area contributed by atoms with Crippen molar-refractivity contribution in [2.75, 3.05) is 34.4 Å². The molecule has 0 spiro atoms. The number of methoxy groups -OCH3 is 1. The predicted molar refractivity (Wildman–Crippen MR) is 54.6 cm³/mol. The third-order valence-electron chi connectivity index (χ3n) is 1.86. The molecule has 0 saturated carbocycles. The van der Waals surface area contributed by atoms with E-state index in [0.29, 0.717) is 6.54 Å². The SMILES string of the molecule is COCC(NCCC(=O)N(C)C)C(=O)O. The molecule has 6 nitrogen and oxygen atoms in total. The highest BCUT2D eigenvalue weighted by atomic mass is 16.5. The van der Waals surface area contributed by atoms with Crippen LogP contribution in [0.15, 0.2) is 0 Å². The minimum absolute atomic E-state index is 0.0379. The van der Waals surface area contributed by atoms with Crippen LogP contribution in [-0.4, -0.2) is 62.3 Å². The van der Waals surface area contributed by atoms with Gasteiger partial charge in [-0.25, -0.2) is 0 Å². The lowest BCUT2D eigenvalue weighted by molar-refractivity contribution is -0.141. The summed E-state index contributed by atoms with van der Waals surface area (Å²) < 4.78 is 4.73. The second-order valence-electron chi connectivity index (χ2n) is 3.34. The van der Waals surface area contributed by atoms with Crippen LogP contribution in [0.3, 0.4) is 0 Å². The van der Waals surface area contributed by atoms with Crippen LogP contribution >= 0.6 is 0 Å². The smallest absolute Gasteiger partial charge is 0.323 e. The summed E-state index contributed by atoms with van der Waals surface area (Å²) in [5, 5.41) is 11.5. The van der Waals surface area contributed by atoms with Gasteiger partial charge in [0.2, 0.25) is 5.91 Å². The van der Waals surface area contributed by atoms with Gasteiger partial charge in [-0.3, -0.25) is 9.59 Å². The summed E-state index contributed by atoms with van der Waals surface area (Å²) in [6.07, 6.45) is 0.278. The van der Waals surface area contributed by atoms with Gasteiger partial charge in [0.25, 0.3) is 0 Å². The van der Waals surface area contributed by atoms with Crippen molar-refractivity contribution < 1.29 is 19.4 Å². The number of carbonyl (C=O) groups excluding carboxylic acids is 1. The number of nitrogens with zero attached hydrogens (tertiary/aromatic N) is 1. The third kappa shape index (κ3) is 6.03. The van der Waals surface area contributed by atoms with E-state index >= 15 is 0 Å². The van der Waals surface area contributed by atoms with E-state index in [0.717, 1.165) is 0 Å². The van der Waals surface area contributed by atoms with Gasteiger partial charge < -0.3 is 20.1 Å². The zero-order chi connectivity index (χ0) is 11.8. The maximum atomic E-state index is 11.2. The van der Waals surface area contributed by atoms with E-state index in [1.54, 1.807) is 14.1 Å². The van der Waals surface area contributed by atoms with Gasteiger partial charge in [-0.15, -0.1) is 0 Å². The van der Waals surface area contributed by atoms with Crippen LogP contribution in [0.1, 0.15) is 6.42 Å². The molecule has 0 aliphatic carbocycles. The van der Waals surface area contributed by atoms with Crippen LogP contribution in [-0.2, 0) is 14.3 Å². The van der Waals surface area contributed by atoms with Gasteiger partial charge in [0.1, 0.15) is 6.04 Å². The van der Waals surface area contributed by atoms with Crippen LogP contribution in [0.25, 0.3) is 0 Å². The maximum absolute atomic E-state index is 11.2. The molecule has 0 bridgehead atoms. The van der Waals surface area contributed by atoms with Gasteiger partial charge >= 0.3 is 5.97 Å². The molecular weight excluding hydrogens is 200 g/mol. The number of rotatable bonds is 7. The standard InChI is InChI=1S/C9H18N2O4/c1-11(2)8(12)4-5-10-7(6-15-3)9(13)14/h7,10H,4-6H2,1-3H3,(H,13,14). The molecule has 1 amide bonds. The van der Waals surface area contributed by atoms with E-state index in [1.807, 2.05) is 0 Å². The minimum atomic E-state index is -0.978. The summed E-state index contributed by atoms with van der Waals surface area (Å²) in [6, 6.07) is -0.759. The Labute approximate surface area is 89.2 Å². The molecule has 15 heavy (non-hydrogen) atoms. The largest absolute Gasteiger partial charge is 0.480 e. The summed E-state index contributed by atoms with van der Waals surface area (Å²) in [7, 11) is 4.75. The predicted octanol–water partition coefficient (Wildman–Crippen LogP) is -0.846. The molecule has 88 valence electrons. The van der Waals surface area contributed by atoms with Crippen molar-refractivity contribution in [2.45, 2.75) is 12.5 Å².